The third-order valence-electron chi connectivity index (χ3n) is 2.46. The van der Waals surface area contributed by atoms with Crippen molar-refractivity contribution in [3.8, 4) is 5.75 Å². The van der Waals surface area contributed by atoms with Crippen LogP contribution >= 0.6 is 31.9 Å². The van der Waals surface area contributed by atoms with Gasteiger partial charge in [0.1, 0.15) is 5.75 Å². The SMILES string of the molecule is COc1cncc(C(N)c2ncc(Br)cc2Br)c1. The van der Waals surface area contributed by atoms with Crippen LogP contribution in [0.5, 0.6) is 5.75 Å². The summed E-state index contributed by atoms with van der Waals surface area (Å²) in [6.07, 6.45) is 5.07. The first-order valence-electron chi connectivity index (χ1n) is 5.17. The summed E-state index contributed by atoms with van der Waals surface area (Å²) in [6, 6.07) is 3.42. The Morgan fingerprint density at radius 2 is 2.00 bits per heavy atom. The van der Waals surface area contributed by atoms with Gasteiger partial charge in [0.15, 0.2) is 0 Å². The Morgan fingerprint density at radius 3 is 2.67 bits per heavy atom. The highest BCUT2D eigenvalue weighted by atomic mass is 79.9. The fraction of sp³-hybridized carbons (Fsp3) is 0.167. The van der Waals surface area contributed by atoms with Gasteiger partial charge < -0.3 is 10.5 Å². The monoisotopic (exact) mass is 371 g/mol. The summed E-state index contributed by atoms with van der Waals surface area (Å²) in [5.41, 5.74) is 7.80. The van der Waals surface area contributed by atoms with Crippen molar-refractivity contribution in [2.45, 2.75) is 6.04 Å². The molecule has 2 aromatic rings. The number of aromatic nitrogens is 2. The standard InChI is InChI=1S/C12H11Br2N3O/c1-18-9-2-7(4-16-6-9)11(15)12-10(14)3-8(13)5-17-12/h2-6,11H,15H2,1H3. The van der Waals surface area contributed by atoms with Gasteiger partial charge in [0.25, 0.3) is 0 Å². The molecule has 4 nitrogen and oxygen atoms in total. The Hall–Kier alpha value is -0.980. The second kappa shape index (κ2) is 5.77. The van der Waals surface area contributed by atoms with E-state index < -0.39 is 0 Å². The molecule has 1 atom stereocenters. The van der Waals surface area contributed by atoms with Crippen LogP contribution in [-0.4, -0.2) is 17.1 Å². The van der Waals surface area contributed by atoms with Gasteiger partial charge in [-0.05, 0) is 49.6 Å². The minimum atomic E-state index is -0.352. The minimum absolute atomic E-state index is 0.352. The van der Waals surface area contributed by atoms with Gasteiger partial charge in [0.05, 0.1) is 25.0 Å². The number of methoxy groups -OCH3 is 1. The van der Waals surface area contributed by atoms with Crippen molar-refractivity contribution in [2.24, 2.45) is 5.73 Å². The number of hydrogen-bond acceptors (Lipinski definition) is 4. The van der Waals surface area contributed by atoms with Crippen LogP contribution in [0.15, 0.2) is 39.7 Å². The lowest BCUT2D eigenvalue weighted by Gasteiger charge is -2.13. The van der Waals surface area contributed by atoms with Crippen molar-refractivity contribution in [1.29, 1.82) is 0 Å². The van der Waals surface area contributed by atoms with E-state index in [0.29, 0.717) is 5.75 Å². The molecule has 94 valence electrons. The largest absolute Gasteiger partial charge is 0.495 e. The van der Waals surface area contributed by atoms with Crippen LogP contribution in [-0.2, 0) is 0 Å². The second-order valence-electron chi connectivity index (χ2n) is 3.66. The number of nitrogens with zero attached hydrogens (tertiary/aromatic N) is 2. The minimum Gasteiger partial charge on any atom is -0.495 e. The van der Waals surface area contributed by atoms with Gasteiger partial charge in [-0.3, -0.25) is 9.97 Å². The zero-order valence-corrected chi connectivity index (χ0v) is 12.8. The van der Waals surface area contributed by atoms with E-state index in [-0.39, 0.29) is 6.04 Å². The lowest BCUT2D eigenvalue weighted by Crippen LogP contribution is -2.14. The summed E-state index contributed by atoms with van der Waals surface area (Å²) in [6.45, 7) is 0. The highest BCUT2D eigenvalue weighted by Crippen LogP contribution is 2.28. The third kappa shape index (κ3) is 2.88. The molecule has 0 fully saturated rings. The fourth-order valence-corrected chi connectivity index (χ4v) is 2.76. The van der Waals surface area contributed by atoms with Crippen molar-refractivity contribution in [3.05, 3.63) is 50.9 Å². The molecule has 18 heavy (non-hydrogen) atoms. The average Bonchev–Trinajstić information content (AvgIpc) is 2.38. The van der Waals surface area contributed by atoms with Gasteiger partial charge in [-0.2, -0.15) is 0 Å². The van der Waals surface area contributed by atoms with E-state index in [1.54, 1.807) is 25.7 Å². The number of nitrogens with two attached hydrogens (primary N) is 1. The third-order valence-corrected chi connectivity index (χ3v) is 3.53. The van der Waals surface area contributed by atoms with Crippen molar-refractivity contribution < 1.29 is 4.74 Å². The van der Waals surface area contributed by atoms with Crippen LogP contribution in [0.2, 0.25) is 0 Å². The molecule has 2 rings (SSSR count). The molecule has 0 radical (unpaired) electrons. The van der Waals surface area contributed by atoms with E-state index in [1.165, 1.54) is 0 Å². The molecule has 0 saturated carbocycles. The van der Waals surface area contributed by atoms with E-state index in [9.17, 15) is 0 Å². The zero-order valence-electron chi connectivity index (χ0n) is 9.60. The molecule has 0 bridgehead atoms. The molecule has 0 aliphatic heterocycles. The van der Waals surface area contributed by atoms with Gasteiger partial charge in [-0.1, -0.05) is 0 Å². The molecule has 0 aliphatic rings. The number of pyridine rings is 2. The first-order valence-corrected chi connectivity index (χ1v) is 6.76. The van der Waals surface area contributed by atoms with E-state index in [1.807, 2.05) is 12.1 Å². The smallest absolute Gasteiger partial charge is 0.137 e. The van der Waals surface area contributed by atoms with Crippen LogP contribution < -0.4 is 10.5 Å². The molecule has 2 N–H and O–H groups in total. The maximum absolute atomic E-state index is 6.19. The normalized spacial score (nSPS) is 12.2. The second-order valence-corrected chi connectivity index (χ2v) is 5.43. The van der Waals surface area contributed by atoms with E-state index >= 15 is 0 Å². The van der Waals surface area contributed by atoms with Crippen molar-refractivity contribution in [2.75, 3.05) is 7.11 Å². The maximum Gasteiger partial charge on any atom is 0.137 e. The highest BCUT2D eigenvalue weighted by Gasteiger charge is 2.15. The van der Waals surface area contributed by atoms with Gasteiger partial charge in [0, 0.05) is 21.3 Å². The van der Waals surface area contributed by atoms with Crippen molar-refractivity contribution in [1.82, 2.24) is 9.97 Å². The Bertz CT molecular complexity index is 563. The molecule has 0 spiro atoms. The molecule has 0 amide bonds. The van der Waals surface area contributed by atoms with Gasteiger partial charge in [-0.25, -0.2) is 0 Å². The number of rotatable bonds is 3. The number of halogens is 2. The van der Waals surface area contributed by atoms with Crippen molar-refractivity contribution in [3.63, 3.8) is 0 Å². The summed E-state index contributed by atoms with van der Waals surface area (Å²) in [7, 11) is 1.60. The highest BCUT2D eigenvalue weighted by molar-refractivity contribution is 9.11. The Balaban J connectivity index is 2.37. The van der Waals surface area contributed by atoms with Crippen LogP contribution in [0.25, 0.3) is 0 Å². The van der Waals surface area contributed by atoms with Gasteiger partial charge >= 0.3 is 0 Å². The predicted molar refractivity (Wildman–Crippen MR) is 76.5 cm³/mol. The molecule has 0 aromatic carbocycles. The number of ether oxygens (including phenoxy) is 1. The Kier molecular flexibility index (Phi) is 4.31. The molecule has 0 aliphatic carbocycles. The summed E-state index contributed by atoms with van der Waals surface area (Å²) in [4.78, 5) is 8.41. The van der Waals surface area contributed by atoms with E-state index in [2.05, 4.69) is 41.8 Å². The summed E-state index contributed by atoms with van der Waals surface area (Å²) in [5, 5.41) is 0. The van der Waals surface area contributed by atoms with E-state index in [4.69, 9.17) is 10.5 Å². The molecule has 0 saturated heterocycles. The van der Waals surface area contributed by atoms with Crippen LogP contribution in [0.4, 0.5) is 0 Å². The van der Waals surface area contributed by atoms with Gasteiger partial charge in [-0.15, -0.1) is 0 Å². The summed E-state index contributed by atoms with van der Waals surface area (Å²) >= 11 is 6.82. The Morgan fingerprint density at radius 1 is 1.22 bits per heavy atom. The lowest BCUT2D eigenvalue weighted by molar-refractivity contribution is 0.412. The molecular formula is C12H11Br2N3O. The first kappa shape index (κ1) is 13.5. The molecule has 1 unspecified atom stereocenters. The maximum atomic E-state index is 6.19. The fourth-order valence-electron chi connectivity index (χ4n) is 1.53. The summed E-state index contributed by atoms with van der Waals surface area (Å²) in [5.74, 6) is 0.677. The molecular weight excluding hydrogens is 362 g/mol. The zero-order chi connectivity index (χ0) is 13.1. The van der Waals surface area contributed by atoms with Gasteiger partial charge in [0.2, 0.25) is 0 Å². The average molecular weight is 373 g/mol. The molecule has 2 aromatic heterocycles. The van der Waals surface area contributed by atoms with E-state index in [0.717, 1.165) is 20.2 Å². The molecule has 6 heteroatoms. The van der Waals surface area contributed by atoms with Crippen LogP contribution in [0.1, 0.15) is 17.3 Å². The first-order chi connectivity index (χ1) is 8.61. The van der Waals surface area contributed by atoms with Crippen LogP contribution in [0.3, 0.4) is 0 Å². The van der Waals surface area contributed by atoms with Crippen LogP contribution in [0, 0.1) is 0 Å². The molecule has 2 heterocycles. The summed E-state index contributed by atoms with van der Waals surface area (Å²) < 4.78 is 6.88. The Labute approximate surface area is 122 Å². The van der Waals surface area contributed by atoms with Crippen molar-refractivity contribution >= 4 is 31.9 Å². The quantitative estimate of drug-likeness (QED) is 0.899. The predicted octanol–water partition coefficient (Wildman–Crippen LogP) is 3.06. The number of hydrogen-bond donors (Lipinski definition) is 1. The topological polar surface area (TPSA) is 61.0 Å². The lowest BCUT2D eigenvalue weighted by atomic mass is 10.1.